The molecule has 3 aromatic rings. The molecule has 0 saturated heterocycles. The van der Waals surface area contributed by atoms with Crippen LogP contribution >= 0.6 is 0 Å². The number of nitrogens with one attached hydrogen (secondary N) is 1. The maximum atomic E-state index is 12.2. The van der Waals surface area contributed by atoms with Gasteiger partial charge in [-0.3, -0.25) is 0 Å². The number of fused-ring (bicyclic) bond motifs is 2. The molecule has 6 nitrogen and oxygen atoms in total. The van der Waals surface area contributed by atoms with E-state index in [1.807, 2.05) is 36.4 Å². The summed E-state index contributed by atoms with van der Waals surface area (Å²) in [4.78, 5) is 16.9. The van der Waals surface area contributed by atoms with E-state index in [0.717, 1.165) is 40.5 Å². The molecule has 3 heterocycles. The zero-order chi connectivity index (χ0) is 19.1. The Labute approximate surface area is 158 Å². The standard InChI is InChI=1S/C21H23N3O3/c1-12-6-5-7-18-19(12)16(8-9-27-18)23-17-10-15(21(25)26-4)11-24-14(3)13(2)22-20(17)24/h5-7,10-11,16,23H,8-9H2,1-4H3. The average Bonchev–Trinajstić information content (AvgIpc) is 2.96. The summed E-state index contributed by atoms with van der Waals surface area (Å²) in [5.74, 6) is 0.545. The van der Waals surface area contributed by atoms with Gasteiger partial charge < -0.3 is 19.2 Å². The molecule has 1 aliphatic rings. The van der Waals surface area contributed by atoms with E-state index in [2.05, 4.69) is 18.3 Å². The minimum Gasteiger partial charge on any atom is -0.493 e. The molecule has 0 aliphatic carbocycles. The second-order valence-electron chi connectivity index (χ2n) is 6.93. The van der Waals surface area contributed by atoms with Crippen LogP contribution in [-0.4, -0.2) is 29.1 Å². The number of aromatic nitrogens is 2. The molecule has 0 radical (unpaired) electrons. The van der Waals surface area contributed by atoms with Crippen molar-refractivity contribution in [2.75, 3.05) is 19.0 Å². The average molecular weight is 365 g/mol. The van der Waals surface area contributed by atoms with Crippen LogP contribution in [0.15, 0.2) is 30.5 Å². The molecule has 0 amide bonds. The van der Waals surface area contributed by atoms with Crippen LogP contribution in [0.3, 0.4) is 0 Å². The molecule has 0 bridgehead atoms. The third kappa shape index (κ3) is 2.91. The summed E-state index contributed by atoms with van der Waals surface area (Å²) in [7, 11) is 1.39. The number of anilines is 1. The largest absolute Gasteiger partial charge is 0.493 e. The van der Waals surface area contributed by atoms with E-state index in [1.165, 1.54) is 12.7 Å². The SMILES string of the molecule is COC(=O)c1cc(NC2CCOc3cccc(C)c32)c2nc(C)c(C)n2c1. The summed E-state index contributed by atoms with van der Waals surface area (Å²) in [6.45, 7) is 6.70. The van der Waals surface area contributed by atoms with Crippen molar-refractivity contribution >= 4 is 17.3 Å². The van der Waals surface area contributed by atoms with E-state index in [9.17, 15) is 4.79 Å². The quantitative estimate of drug-likeness (QED) is 0.711. The molecule has 4 rings (SSSR count). The second-order valence-corrected chi connectivity index (χ2v) is 6.93. The zero-order valence-electron chi connectivity index (χ0n) is 16.0. The van der Waals surface area contributed by atoms with Crippen LogP contribution in [0.25, 0.3) is 5.65 Å². The summed E-state index contributed by atoms with van der Waals surface area (Å²) in [6.07, 6.45) is 2.62. The van der Waals surface area contributed by atoms with E-state index in [4.69, 9.17) is 14.5 Å². The number of hydrogen-bond donors (Lipinski definition) is 1. The lowest BCUT2D eigenvalue weighted by Crippen LogP contribution is -2.22. The van der Waals surface area contributed by atoms with Crippen molar-refractivity contribution < 1.29 is 14.3 Å². The Hall–Kier alpha value is -3.02. The Morgan fingerprint density at radius 1 is 1.33 bits per heavy atom. The number of aryl methyl sites for hydroxylation is 3. The molecule has 0 fully saturated rings. The smallest absolute Gasteiger partial charge is 0.339 e. The molecular weight excluding hydrogens is 342 g/mol. The lowest BCUT2D eigenvalue weighted by atomic mass is 9.95. The van der Waals surface area contributed by atoms with Gasteiger partial charge in [0.05, 0.1) is 36.7 Å². The van der Waals surface area contributed by atoms with Crippen LogP contribution in [0.5, 0.6) is 5.75 Å². The predicted molar refractivity (Wildman–Crippen MR) is 104 cm³/mol. The number of pyridine rings is 1. The van der Waals surface area contributed by atoms with Gasteiger partial charge in [-0.2, -0.15) is 0 Å². The first kappa shape index (κ1) is 17.4. The predicted octanol–water partition coefficient (Wildman–Crippen LogP) is 3.98. The first-order valence-corrected chi connectivity index (χ1v) is 9.06. The molecule has 27 heavy (non-hydrogen) atoms. The van der Waals surface area contributed by atoms with Crippen LogP contribution in [0.1, 0.15) is 45.3 Å². The first-order valence-electron chi connectivity index (χ1n) is 9.06. The van der Waals surface area contributed by atoms with Crippen LogP contribution in [0.4, 0.5) is 5.69 Å². The number of imidazole rings is 1. The Morgan fingerprint density at radius 3 is 2.93 bits per heavy atom. The molecular formula is C21H23N3O3. The van der Waals surface area contributed by atoms with Gasteiger partial charge in [0.2, 0.25) is 0 Å². The Balaban J connectivity index is 1.83. The zero-order valence-corrected chi connectivity index (χ0v) is 16.0. The molecule has 1 aromatic carbocycles. The number of nitrogens with zero attached hydrogens (tertiary/aromatic N) is 2. The van der Waals surface area contributed by atoms with Crippen LogP contribution in [0.2, 0.25) is 0 Å². The van der Waals surface area contributed by atoms with Gasteiger partial charge in [0.25, 0.3) is 0 Å². The normalized spacial score (nSPS) is 15.9. The number of rotatable bonds is 3. The van der Waals surface area contributed by atoms with Crippen molar-refractivity contribution in [1.82, 2.24) is 9.38 Å². The van der Waals surface area contributed by atoms with Crippen molar-refractivity contribution in [3.05, 3.63) is 58.5 Å². The summed E-state index contributed by atoms with van der Waals surface area (Å²) >= 11 is 0. The van der Waals surface area contributed by atoms with E-state index in [0.29, 0.717) is 12.2 Å². The van der Waals surface area contributed by atoms with Crippen LogP contribution in [-0.2, 0) is 4.74 Å². The molecule has 1 aliphatic heterocycles. The van der Waals surface area contributed by atoms with Gasteiger partial charge >= 0.3 is 5.97 Å². The van der Waals surface area contributed by atoms with Gasteiger partial charge in [-0.1, -0.05) is 12.1 Å². The molecule has 1 unspecified atom stereocenters. The van der Waals surface area contributed by atoms with Gasteiger partial charge in [0.1, 0.15) is 5.75 Å². The molecule has 6 heteroatoms. The molecule has 1 N–H and O–H groups in total. The number of carbonyl (C=O) groups excluding carboxylic acids is 1. The Morgan fingerprint density at radius 2 is 2.15 bits per heavy atom. The fourth-order valence-electron chi connectivity index (χ4n) is 3.70. The third-order valence-corrected chi connectivity index (χ3v) is 5.24. The number of benzene rings is 1. The van der Waals surface area contributed by atoms with E-state index < -0.39 is 0 Å². The van der Waals surface area contributed by atoms with Crippen LogP contribution in [0, 0.1) is 20.8 Å². The lowest BCUT2D eigenvalue weighted by Gasteiger charge is -2.29. The summed E-state index contributed by atoms with van der Waals surface area (Å²) < 4.78 is 12.7. The Bertz CT molecular complexity index is 1040. The van der Waals surface area contributed by atoms with Crippen molar-refractivity contribution in [2.45, 2.75) is 33.2 Å². The summed E-state index contributed by atoms with van der Waals surface area (Å²) in [5, 5.41) is 3.61. The maximum Gasteiger partial charge on any atom is 0.339 e. The van der Waals surface area contributed by atoms with Gasteiger partial charge in [-0.25, -0.2) is 9.78 Å². The van der Waals surface area contributed by atoms with Gasteiger partial charge in [-0.05, 0) is 38.5 Å². The molecule has 0 saturated carbocycles. The minimum atomic E-state index is -0.366. The highest BCUT2D eigenvalue weighted by molar-refractivity contribution is 5.92. The van der Waals surface area contributed by atoms with Crippen molar-refractivity contribution in [3.63, 3.8) is 0 Å². The number of methoxy groups -OCH3 is 1. The second kappa shape index (κ2) is 6.61. The van der Waals surface area contributed by atoms with Gasteiger partial charge in [-0.15, -0.1) is 0 Å². The highest BCUT2D eigenvalue weighted by atomic mass is 16.5. The molecule has 140 valence electrons. The fraction of sp³-hybridized carbons (Fsp3) is 0.333. The maximum absolute atomic E-state index is 12.2. The van der Waals surface area contributed by atoms with Crippen molar-refractivity contribution in [2.24, 2.45) is 0 Å². The van der Waals surface area contributed by atoms with E-state index in [1.54, 1.807) is 6.20 Å². The number of ether oxygens (including phenoxy) is 2. The third-order valence-electron chi connectivity index (χ3n) is 5.24. The topological polar surface area (TPSA) is 64.9 Å². The number of hydrogen-bond acceptors (Lipinski definition) is 5. The molecule has 2 aromatic heterocycles. The highest BCUT2D eigenvalue weighted by Crippen LogP contribution is 2.37. The van der Waals surface area contributed by atoms with Crippen molar-refractivity contribution in [1.29, 1.82) is 0 Å². The number of carbonyl (C=O) groups is 1. The minimum absolute atomic E-state index is 0.0870. The molecule has 0 spiro atoms. The van der Waals surface area contributed by atoms with E-state index >= 15 is 0 Å². The molecule has 1 atom stereocenters. The summed E-state index contributed by atoms with van der Waals surface area (Å²) in [5.41, 5.74) is 6.39. The first-order chi connectivity index (χ1) is 13.0. The van der Waals surface area contributed by atoms with Crippen LogP contribution < -0.4 is 10.1 Å². The van der Waals surface area contributed by atoms with Gasteiger partial charge in [0.15, 0.2) is 5.65 Å². The summed E-state index contributed by atoms with van der Waals surface area (Å²) in [6, 6.07) is 8.00. The lowest BCUT2D eigenvalue weighted by molar-refractivity contribution is 0.0600. The fourth-order valence-corrected chi connectivity index (χ4v) is 3.70. The van der Waals surface area contributed by atoms with E-state index in [-0.39, 0.29) is 12.0 Å². The van der Waals surface area contributed by atoms with Crippen molar-refractivity contribution in [3.8, 4) is 5.75 Å². The Kier molecular flexibility index (Phi) is 4.26. The van der Waals surface area contributed by atoms with Gasteiger partial charge in [0, 0.05) is 23.9 Å². The monoisotopic (exact) mass is 365 g/mol. The highest BCUT2D eigenvalue weighted by Gasteiger charge is 2.25. The number of esters is 1.